The maximum absolute atomic E-state index is 13.5. The molecule has 0 saturated carbocycles. The van der Waals surface area contributed by atoms with Gasteiger partial charge in [0.2, 0.25) is 5.91 Å². The number of aromatic nitrogens is 1. The van der Waals surface area contributed by atoms with Gasteiger partial charge in [0.05, 0.1) is 0 Å². The number of anilines is 1. The SMILES string of the molecule is CCCCCC[C@@H](C=O)[C@]1(c2c[nH]c3ccccc23)C(=O)Nc2ccccc21. The van der Waals surface area contributed by atoms with Crippen molar-refractivity contribution in [3.05, 3.63) is 65.9 Å². The number of benzene rings is 2. The highest BCUT2D eigenvalue weighted by molar-refractivity contribution is 6.12. The minimum atomic E-state index is -0.996. The molecule has 2 aromatic carbocycles. The summed E-state index contributed by atoms with van der Waals surface area (Å²) < 4.78 is 0. The average molecular weight is 374 g/mol. The summed E-state index contributed by atoms with van der Waals surface area (Å²) >= 11 is 0. The second kappa shape index (κ2) is 7.63. The van der Waals surface area contributed by atoms with Gasteiger partial charge in [-0.15, -0.1) is 0 Å². The number of carbonyl (C=O) groups excluding carboxylic acids is 2. The molecule has 1 amide bonds. The topological polar surface area (TPSA) is 62.0 Å². The van der Waals surface area contributed by atoms with Crippen molar-refractivity contribution >= 4 is 28.8 Å². The summed E-state index contributed by atoms with van der Waals surface area (Å²) in [6.45, 7) is 2.17. The first-order valence-electron chi connectivity index (χ1n) is 10.2. The minimum absolute atomic E-state index is 0.106. The molecule has 2 N–H and O–H groups in total. The van der Waals surface area contributed by atoms with Crippen LogP contribution in [-0.2, 0) is 15.0 Å². The minimum Gasteiger partial charge on any atom is -0.361 e. The van der Waals surface area contributed by atoms with Gasteiger partial charge in [-0.3, -0.25) is 4.79 Å². The van der Waals surface area contributed by atoms with E-state index in [-0.39, 0.29) is 5.91 Å². The van der Waals surface area contributed by atoms with Crippen LogP contribution in [0.2, 0.25) is 0 Å². The second-order valence-corrected chi connectivity index (χ2v) is 7.65. The molecule has 0 fully saturated rings. The van der Waals surface area contributed by atoms with E-state index in [1.165, 1.54) is 0 Å². The van der Waals surface area contributed by atoms with Gasteiger partial charge in [-0.1, -0.05) is 69.0 Å². The van der Waals surface area contributed by atoms with Gasteiger partial charge in [0.15, 0.2) is 0 Å². The van der Waals surface area contributed by atoms with Crippen LogP contribution >= 0.6 is 0 Å². The van der Waals surface area contributed by atoms with E-state index in [2.05, 4.69) is 17.2 Å². The summed E-state index contributed by atoms with van der Waals surface area (Å²) in [6, 6.07) is 15.7. The van der Waals surface area contributed by atoms with Crippen LogP contribution in [-0.4, -0.2) is 17.2 Å². The predicted octanol–water partition coefficient (Wildman–Crippen LogP) is 5.19. The maximum atomic E-state index is 13.5. The van der Waals surface area contributed by atoms with Crippen molar-refractivity contribution in [2.45, 2.75) is 44.4 Å². The number of para-hydroxylation sites is 2. The molecule has 1 aliphatic heterocycles. The Hall–Kier alpha value is -2.88. The molecule has 3 aromatic rings. The molecule has 144 valence electrons. The molecule has 1 aromatic heterocycles. The maximum Gasteiger partial charge on any atom is 0.240 e. The fraction of sp³-hybridized carbons (Fsp3) is 0.333. The lowest BCUT2D eigenvalue weighted by atomic mass is 9.65. The Balaban J connectivity index is 1.89. The first-order valence-corrected chi connectivity index (χ1v) is 10.2. The van der Waals surface area contributed by atoms with Crippen molar-refractivity contribution < 1.29 is 9.59 Å². The van der Waals surface area contributed by atoms with Crippen molar-refractivity contribution in [3.8, 4) is 0 Å². The Kier molecular flexibility index (Phi) is 5.03. The molecule has 0 radical (unpaired) electrons. The standard InChI is InChI=1S/C24H26N2O2/c1-2-3-4-5-10-17(16-27)24(19-12-7-9-14-22(19)26-23(24)28)20-15-25-21-13-8-6-11-18(20)21/h6-9,11-17,25H,2-5,10H2,1H3,(H,26,28)/t17-,24-/m0/s1. The van der Waals surface area contributed by atoms with E-state index in [1.807, 2.05) is 54.7 Å². The molecule has 1 aliphatic rings. The number of amides is 1. The summed E-state index contributed by atoms with van der Waals surface area (Å²) in [4.78, 5) is 29.2. The normalized spacial score (nSPS) is 19.4. The molecule has 0 unspecified atom stereocenters. The van der Waals surface area contributed by atoms with E-state index in [0.717, 1.165) is 59.7 Å². The van der Waals surface area contributed by atoms with Crippen LogP contribution in [0.4, 0.5) is 5.69 Å². The molecule has 4 rings (SSSR count). The van der Waals surface area contributed by atoms with E-state index in [1.54, 1.807) is 0 Å². The monoisotopic (exact) mass is 374 g/mol. The van der Waals surface area contributed by atoms with E-state index in [9.17, 15) is 9.59 Å². The number of aldehydes is 1. The first-order chi connectivity index (χ1) is 13.7. The third-order valence-electron chi connectivity index (χ3n) is 6.06. The molecule has 2 heterocycles. The van der Waals surface area contributed by atoms with Crippen LogP contribution in [0.25, 0.3) is 10.9 Å². The smallest absolute Gasteiger partial charge is 0.240 e. The largest absolute Gasteiger partial charge is 0.361 e. The third-order valence-corrected chi connectivity index (χ3v) is 6.06. The van der Waals surface area contributed by atoms with Gasteiger partial charge in [0.1, 0.15) is 11.7 Å². The van der Waals surface area contributed by atoms with Crippen LogP contribution in [0.3, 0.4) is 0 Å². The second-order valence-electron chi connectivity index (χ2n) is 7.65. The number of hydrogen-bond acceptors (Lipinski definition) is 2. The van der Waals surface area contributed by atoms with Crippen molar-refractivity contribution in [1.29, 1.82) is 0 Å². The van der Waals surface area contributed by atoms with Crippen molar-refractivity contribution in [2.24, 2.45) is 5.92 Å². The van der Waals surface area contributed by atoms with Crippen molar-refractivity contribution in [1.82, 2.24) is 4.98 Å². The third kappa shape index (κ3) is 2.75. The first kappa shape index (κ1) is 18.5. The molecule has 4 heteroatoms. The van der Waals surface area contributed by atoms with Crippen LogP contribution < -0.4 is 5.32 Å². The van der Waals surface area contributed by atoms with Gasteiger partial charge in [-0.25, -0.2) is 0 Å². The predicted molar refractivity (Wildman–Crippen MR) is 112 cm³/mol. The Morgan fingerprint density at radius 3 is 2.61 bits per heavy atom. The van der Waals surface area contributed by atoms with Gasteiger partial charge in [-0.05, 0) is 29.7 Å². The van der Waals surface area contributed by atoms with E-state index in [0.29, 0.717) is 6.42 Å². The summed E-state index contributed by atoms with van der Waals surface area (Å²) in [5.74, 6) is -0.516. The zero-order valence-corrected chi connectivity index (χ0v) is 16.2. The van der Waals surface area contributed by atoms with Crippen molar-refractivity contribution in [3.63, 3.8) is 0 Å². The van der Waals surface area contributed by atoms with Gasteiger partial charge >= 0.3 is 0 Å². The molecule has 0 spiro atoms. The van der Waals surface area contributed by atoms with E-state index < -0.39 is 11.3 Å². The van der Waals surface area contributed by atoms with Crippen LogP contribution in [0, 0.1) is 5.92 Å². The Bertz CT molecular complexity index is 1010. The fourth-order valence-corrected chi connectivity index (χ4v) is 4.69. The summed E-state index contributed by atoms with van der Waals surface area (Å²) in [6.07, 6.45) is 7.91. The number of H-pyrrole nitrogens is 1. The van der Waals surface area contributed by atoms with Gasteiger partial charge < -0.3 is 15.1 Å². The zero-order chi connectivity index (χ0) is 19.6. The zero-order valence-electron chi connectivity index (χ0n) is 16.2. The number of fused-ring (bicyclic) bond motifs is 2. The molecule has 2 atom stereocenters. The summed E-state index contributed by atoms with van der Waals surface area (Å²) in [5, 5.41) is 4.04. The molecule has 0 saturated heterocycles. The molecule has 0 aliphatic carbocycles. The van der Waals surface area contributed by atoms with Crippen LogP contribution in [0.15, 0.2) is 54.7 Å². The molecular weight excluding hydrogens is 348 g/mol. The number of nitrogens with one attached hydrogen (secondary N) is 2. The fourth-order valence-electron chi connectivity index (χ4n) is 4.69. The van der Waals surface area contributed by atoms with Crippen LogP contribution in [0.1, 0.15) is 50.2 Å². The highest BCUT2D eigenvalue weighted by atomic mass is 16.2. The van der Waals surface area contributed by atoms with Gasteiger partial charge in [-0.2, -0.15) is 0 Å². The quantitative estimate of drug-likeness (QED) is 0.421. The Morgan fingerprint density at radius 2 is 1.79 bits per heavy atom. The number of aromatic amines is 1. The Morgan fingerprint density at radius 1 is 1.00 bits per heavy atom. The van der Waals surface area contributed by atoms with Gasteiger partial charge in [0, 0.05) is 28.7 Å². The average Bonchev–Trinajstić information content (AvgIpc) is 3.27. The molecule has 4 nitrogen and oxygen atoms in total. The molecule has 0 bridgehead atoms. The lowest BCUT2D eigenvalue weighted by Crippen LogP contribution is -2.43. The number of carbonyl (C=O) groups is 2. The van der Waals surface area contributed by atoms with E-state index in [4.69, 9.17) is 0 Å². The lowest BCUT2D eigenvalue weighted by molar-refractivity contribution is -0.125. The number of hydrogen-bond donors (Lipinski definition) is 2. The number of unbranched alkanes of at least 4 members (excludes halogenated alkanes) is 3. The van der Waals surface area contributed by atoms with Crippen LogP contribution in [0.5, 0.6) is 0 Å². The summed E-state index contributed by atoms with van der Waals surface area (Å²) in [7, 11) is 0. The number of rotatable bonds is 8. The van der Waals surface area contributed by atoms with Crippen molar-refractivity contribution in [2.75, 3.05) is 5.32 Å². The molecular formula is C24H26N2O2. The highest BCUT2D eigenvalue weighted by Crippen LogP contribution is 2.50. The highest BCUT2D eigenvalue weighted by Gasteiger charge is 2.54. The molecule has 28 heavy (non-hydrogen) atoms. The Labute approximate surface area is 165 Å². The van der Waals surface area contributed by atoms with Gasteiger partial charge in [0.25, 0.3) is 0 Å². The summed E-state index contributed by atoms with van der Waals surface area (Å²) in [5.41, 5.74) is 2.57. The lowest BCUT2D eigenvalue weighted by Gasteiger charge is -2.33. The van der Waals surface area contributed by atoms with E-state index >= 15 is 0 Å².